The molecular formula is C17H29N5O3. The summed E-state index contributed by atoms with van der Waals surface area (Å²) in [6.45, 7) is 7.90. The van der Waals surface area contributed by atoms with Gasteiger partial charge in [-0.05, 0) is 39.3 Å². The highest BCUT2D eigenvalue weighted by atomic mass is 16.5. The van der Waals surface area contributed by atoms with Gasteiger partial charge in [0, 0.05) is 25.7 Å². The maximum absolute atomic E-state index is 12.4. The first-order valence-corrected chi connectivity index (χ1v) is 9.06. The number of unbranched alkanes of at least 4 members (excludes halogenated alkanes) is 1. The standard InChI is InChI=1S/C17H29N5O3/c1-3-4-7-18-17(24)22(11-10-21-8-5-6-9-21)13-16(23)19-15-12-14(2)25-20-15/h12H,3-11,13H2,1-2H3,(H,18,24)(H,19,20,23). The highest BCUT2D eigenvalue weighted by Crippen LogP contribution is 2.08. The summed E-state index contributed by atoms with van der Waals surface area (Å²) in [4.78, 5) is 28.5. The number of amides is 3. The van der Waals surface area contributed by atoms with Gasteiger partial charge in [-0.15, -0.1) is 0 Å². The van der Waals surface area contributed by atoms with Crippen LogP contribution in [0.2, 0.25) is 0 Å². The molecule has 0 unspecified atom stereocenters. The number of aromatic nitrogens is 1. The number of nitrogens with zero attached hydrogens (tertiary/aromatic N) is 3. The molecule has 2 rings (SSSR count). The van der Waals surface area contributed by atoms with E-state index in [9.17, 15) is 9.59 Å². The summed E-state index contributed by atoms with van der Waals surface area (Å²) in [6, 6.07) is 1.45. The monoisotopic (exact) mass is 351 g/mol. The van der Waals surface area contributed by atoms with Crippen LogP contribution in [0.25, 0.3) is 0 Å². The molecular weight excluding hydrogens is 322 g/mol. The fraction of sp³-hybridized carbons (Fsp3) is 0.706. The minimum Gasteiger partial charge on any atom is -0.360 e. The average molecular weight is 351 g/mol. The Morgan fingerprint density at radius 1 is 1.36 bits per heavy atom. The minimum atomic E-state index is -0.277. The lowest BCUT2D eigenvalue weighted by atomic mass is 10.3. The van der Waals surface area contributed by atoms with Gasteiger partial charge in [0.1, 0.15) is 12.3 Å². The molecule has 0 atom stereocenters. The fourth-order valence-corrected chi connectivity index (χ4v) is 2.79. The molecule has 3 amide bonds. The van der Waals surface area contributed by atoms with Gasteiger partial charge in [-0.1, -0.05) is 18.5 Å². The number of carbonyl (C=O) groups is 2. The lowest BCUT2D eigenvalue weighted by Gasteiger charge is -2.25. The molecule has 0 aromatic carbocycles. The minimum absolute atomic E-state index is 0.00228. The van der Waals surface area contributed by atoms with Gasteiger partial charge in [0.15, 0.2) is 5.82 Å². The van der Waals surface area contributed by atoms with Gasteiger partial charge in [0.05, 0.1) is 0 Å². The lowest BCUT2D eigenvalue weighted by molar-refractivity contribution is -0.116. The van der Waals surface area contributed by atoms with Crippen LogP contribution in [0.1, 0.15) is 38.4 Å². The molecule has 1 fully saturated rings. The highest BCUT2D eigenvalue weighted by Gasteiger charge is 2.20. The Hall–Kier alpha value is -2.09. The number of carbonyl (C=O) groups excluding carboxylic acids is 2. The Morgan fingerprint density at radius 2 is 2.12 bits per heavy atom. The average Bonchev–Trinajstić information content (AvgIpc) is 3.23. The van der Waals surface area contributed by atoms with Gasteiger partial charge < -0.3 is 25.0 Å². The van der Waals surface area contributed by atoms with Crippen molar-refractivity contribution in [3.63, 3.8) is 0 Å². The van der Waals surface area contributed by atoms with Gasteiger partial charge in [-0.25, -0.2) is 4.79 Å². The maximum Gasteiger partial charge on any atom is 0.317 e. The molecule has 2 N–H and O–H groups in total. The number of likely N-dealkylation sites (tertiary alicyclic amines) is 1. The van der Waals surface area contributed by atoms with E-state index in [1.807, 2.05) is 0 Å². The zero-order chi connectivity index (χ0) is 18.1. The summed E-state index contributed by atoms with van der Waals surface area (Å²) in [5.41, 5.74) is 0. The van der Waals surface area contributed by atoms with Gasteiger partial charge in [0.25, 0.3) is 0 Å². The van der Waals surface area contributed by atoms with Crippen LogP contribution in [-0.4, -0.2) is 66.2 Å². The molecule has 1 aromatic rings. The van der Waals surface area contributed by atoms with E-state index in [2.05, 4.69) is 27.6 Å². The summed E-state index contributed by atoms with van der Waals surface area (Å²) in [5, 5.41) is 9.29. The molecule has 0 bridgehead atoms. The molecule has 2 heterocycles. The van der Waals surface area contributed by atoms with E-state index >= 15 is 0 Å². The van der Waals surface area contributed by atoms with Gasteiger partial charge in [0.2, 0.25) is 5.91 Å². The van der Waals surface area contributed by atoms with Crippen LogP contribution < -0.4 is 10.6 Å². The molecule has 0 saturated carbocycles. The lowest BCUT2D eigenvalue weighted by Crippen LogP contribution is -2.47. The van der Waals surface area contributed by atoms with Crippen molar-refractivity contribution in [3.8, 4) is 0 Å². The van der Waals surface area contributed by atoms with Crippen molar-refractivity contribution in [2.45, 2.75) is 39.5 Å². The number of anilines is 1. The molecule has 140 valence electrons. The summed E-state index contributed by atoms with van der Waals surface area (Å²) >= 11 is 0. The highest BCUT2D eigenvalue weighted by molar-refractivity contribution is 5.93. The molecule has 0 spiro atoms. The van der Waals surface area contributed by atoms with Crippen molar-refractivity contribution in [2.24, 2.45) is 0 Å². The van der Waals surface area contributed by atoms with Crippen molar-refractivity contribution in [1.82, 2.24) is 20.3 Å². The van der Waals surface area contributed by atoms with E-state index in [4.69, 9.17) is 4.52 Å². The Balaban J connectivity index is 1.86. The zero-order valence-corrected chi connectivity index (χ0v) is 15.2. The molecule has 0 aliphatic carbocycles. The number of hydrogen-bond donors (Lipinski definition) is 2. The Bertz CT molecular complexity index is 554. The SMILES string of the molecule is CCCCNC(=O)N(CCN1CCCC1)CC(=O)Nc1cc(C)on1. The van der Waals surface area contributed by atoms with E-state index < -0.39 is 0 Å². The quantitative estimate of drug-likeness (QED) is 0.663. The topological polar surface area (TPSA) is 90.7 Å². The van der Waals surface area contributed by atoms with Crippen molar-refractivity contribution in [2.75, 3.05) is 44.6 Å². The van der Waals surface area contributed by atoms with E-state index in [1.54, 1.807) is 17.9 Å². The van der Waals surface area contributed by atoms with E-state index in [0.29, 0.717) is 24.7 Å². The van der Waals surface area contributed by atoms with Crippen LogP contribution >= 0.6 is 0 Å². The maximum atomic E-state index is 12.4. The van der Waals surface area contributed by atoms with Crippen LogP contribution in [0.3, 0.4) is 0 Å². The van der Waals surface area contributed by atoms with Crippen molar-refractivity contribution < 1.29 is 14.1 Å². The van der Waals surface area contributed by atoms with Crippen molar-refractivity contribution in [1.29, 1.82) is 0 Å². The van der Waals surface area contributed by atoms with Crippen molar-refractivity contribution in [3.05, 3.63) is 11.8 Å². The Labute approximate surface area is 148 Å². The summed E-state index contributed by atoms with van der Waals surface area (Å²) in [7, 11) is 0. The zero-order valence-electron chi connectivity index (χ0n) is 15.2. The molecule has 1 aliphatic rings. The second kappa shape index (κ2) is 10.0. The first-order chi connectivity index (χ1) is 12.1. The number of hydrogen-bond acceptors (Lipinski definition) is 5. The smallest absolute Gasteiger partial charge is 0.317 e. The number of aryl methyl sites for hydroxylation is 1. The number of urea groups is 1. The third-order valence-electron chi connectivity index (χ3n) is 4.21. The first kappa shape index (κ1) is 19.2. The van der Waals surface area contributed by atoms with Crippen LogP contribution in [-0.2, 0) is 4.79 Å². The molecule has 1 aliphatic heterocycles. The normalized spacial score (nSPS) is 14.5. The number of rotatable bonds is 9. The second-order valence-electron chi connectivity index (χ2n) is 6.43. The predicted octanol–water partition coefficient (Wildman–Crippen LogP) is 1.83. The molecule has 1 aromatic heterocycles. The van der Waals surface area contributed by atoms with E-state index in [1.165, 1.54) is 12.8 Å². The van der Waals surface area contributed by atoms with E-state index in [0.717, 1.165) is 32.5 Å². The Kier molecular flexibility index (Phi) is 7.72. The summed E-state index contributed by atoms with van der Waals surface area (Å²) < 4.78 is 4.93. The molecule has 0 radical (unpaired) electrons. The predicted molar refractivity (Wildman–Crippen MR) is 95.4 cm³/mol. The third kappa shape index (κ3) is 6.74. The van der Waals surface area contributed by atoms with Crippen LogP contribution in [0, 0.1) is 6.92 Å². The van der Waals surface area contributed by atoms with E-state index in [-0.39, 0.29) is 18.5 Å². The number of nitrogens with one attached hydrogen (secondary N) is 2. The van der Waals surface area contributed by atoms with Crippen LogP contribution in [0.15, 0.2) is 10.6 Å². The third-order valence-corrected chi connectivity index (χ3v) is 4.21. The Morgan fingerprint density at radius 3 is 2.76 bits per heavy atom. The molecule has 25 heavy (non-hydrogen) atoms. The fourth-order valence-electron chi connectivity index (χ4n) is 2.79. The molecule has 1 saturated heterocycles. The summed E-state index contributed by atoms with van der Waals surface area (Å²) in [5.74, 6) is 0.715. The van der Waals surface area contributed by atoms with Gasteiger partial charge in [-0.3, -0.25) is 4.79 Å². The second-order valence-corrected chi connectivity index (χ2v) is 6.43. The van der Waals surface area contributed by atoms with Gasteiger partial charge in [-0.2, -0.15) is 0 Å². The largest absolute Gasteiger partial charge is 0.360 e. The van der Waals surface area contributed by atoms with Crippen molar-refractivity contribution >= 4 is 17.8 Å². The molecule has 8 heteroatoms. The molecule has 8 nitrogen and oxygen atoms in total. The first-order valence-electron chi connectivity index (χ1n) is 9.06. The van der Waals surface area contributed by atoms with Crippen LogP contribution in [0.4, 0.5) is 10.6 Å². The van der Waals surface area contributed by atoms with Crippen LogP contribution in [0.5, 0.6) is 0 Å². The summed E-state index contributed by atoms with van der Waals surface area (Å²) in [6.07, 6.45) is 4.35. The van der Waals surface area contributed by atoms with Gasteiger partial charge >= 0.3 is 6.03 Å².